The van der Waals surface area contributed by atoms with Crippen LogP contribution < -0.4 is 0 Å². The van der Waals surface area contributed by atoms with Crippen molar-refractivity contribution in [1.82, 2.24) is 24.6 Å². The second-order valence-electron chi connectivity index (χ2n) is 8.28. The van der Waals surface area contributed by atoms with Crippen LogP contribution in [-0.4, -0.2) is 62.4 Å². The third-order valence-corrected chi connectivity index (χ3v) is 7.05. The first-order chi connectivity index (χ1) is 16.2. The number of rotatable bonds is 6. The molecule has 1 aliphatic rings. The maximum absolute atomic E-state index is 12.9. The van der Waals surface area contributed by atoms with Crippen LogP contribution in [0.4, 0.5) is 0 Å². The number of hydrogen-bond donors (Lipinski definition) is 0. The van der Waals surface area contributed by atoms with Crippen LogP contribution in [0.1, 0.15) is 11.4 Å². The molecule has 0 saturated carbocycles. The van der Waals surface area contributed by atoms with Gasteiger partial charge in [0.2, 0.25) is 5.91 Å². The van der Waals surface area contributed by atoms with E-state index in [1.807, 2.05) is 46.7 Å². The van der Waals surface area contributed by atoms with E-state index in [1.54, 1.807) is 0 Å². The lowest BCUT2D eigenvalue weighted by Crippen LogP contribution is -2.48. The van der Waals surface area contributed by atoms with Crippen molar-refractivity contribution in [2.24, 2.45) is 0 Å². The van der Waals surface area contributed by atoms with Crippen molar-refractivity contribution < 1.29 is 4.79 Å². The first-order valence-corrected chi connectivity index (χ1v) is 12.2. The number of thioether (sulfide) groups is 1. The second-order valence-corrected chi connectivity index (χ2v) is 9.23. The van der Waals surface area contributed by atoms with E-state index in [1.165, 1.54) is 28.1 Å². The third kappa shape index (κ3) is 4.79. The summed E-state index contributed by atoms with van der Waals surface area (Å²) in [7, 11) is 0. The van der Waals surface area contributed by atoms with Crippen LogP contribution in [0, 0.1) is 6.92 Å². The molecule has 1 fully saturated rings. The predicted octanol–water partition coefficient (Wildman–Crippen LogP) is 4.17. The van der Waals surface area contributed by atoms with Crippen molar-refractivity contribution in [3.63, 3.8) is 0 Å². The van der Waals surface area contributed by atoms with Gasteiger partial charge in [-0.2, -0.15) is 0 Å². The molecular weight excluding hydrogens is 430 g/mol. The second kappa shape index (κ2) is 9.77. The minimum absolute atomic E-state index is 0.157. The molecular formula is C26H27N5OS. The molecule has 0 bridgehead atoms. The molecule has 33 heavy (non-hydrogen) atoms. The number of nitrogens with zero attached hydrogens (tertiary/aromatic N) is 5. The molecule has 1 amide bonds. The largest absolute Gasteiger partial charge is 0.339 e. The molecule has 7 heteroatoms. The molecule has 2 heterocycles. The molecule has 4 aromatic rings. The maximum atomic E-state index is 12.9. The van der Waals surface area contributed by atoms with Crippen molar-refractivity contribution >= 4 is 28.4 Å². The zero-order valence-electron chi connectivity index (χ0n) is 18.7. The molecule has 6 nitrogen and oxygen atoms in total. The summed E-state index contributed by atoms with van der Waals surface area (Å²) >= 11 is 1.45. The highest BCUT2D eigenvalue weighted by atomic mass is 32.2. The van der Waals surface area contributed by atoms with Crippen molar-refractivity contribution in [3.8, 4) is 5.69 Å². The zero-order chi connectivity index (χ0) is 22.6. The molecule has 0 N–H and O–H groups in total. The summed E-state index contributed by atoms with van der Waals surface area (Å²) in [6, 6.07) is 25.1. The van der Waals surface area contributed by atoms with Gasteiger partial charge in [-0.15, -0.1) is 10.2 Å². The molecule has 0 atom stereocenters. The highest BCUT2D eigenvalue weighted by Gasteiger charge is 2.22. The number of carbonyl (C=O) groups is 1. The molecule has 1 aliphatic heterocycles. The standard InChI is InChI=1S/C26H27N5OS/c1-20-27-28-26(31(20)23-11-3-2-4-12-23)33-19-25(32)30-16-14-29(15-17-30)18-22-10-7-9-21-8-5-6-13-24(21)22/h2-13H,14-19H2,1H3. The van der Waals surface area contributed by atoms with Gasteiger partial charge in [-0.3, -0.25) is 14.3 Å². The molecule has 0 aliphatic carbocycles. The summed E-state index contributed by atoms with van der Waals surface area (Å²) in [5.41, 5.74) is 2.36. The summed E-state index contributed by atoms with van der Waals surface area (Å²) in [5, 5.41) is 11.8. The fourth-order valence-electron chi connectivity index (χ4n) is 4.35. The first kappa shape index (κ1) is 21.7. The van der Waals surface area contributed by atoms with E-state index >= 15 is 0 Å². The van der Waals surface area contributed by atoms with Crippen molar-refractivity contribution in [3.05, 3.63) is 84.2 Å². The Labute approximate surface area is 198 Å². The minimum atomic E-state index is 0.157. The van der Waals surface area contributed by atoms with Gasteiger partial charge in [-0.05, 0) is 35.4 Å². The molecule has 168 valence electrons. The number of hydrogen-bond acceptors (Lipinski definition) is 5. The van der Waals surface area contributed by atoms with Crippen LogP contribution in [-0.2, 0) is 11.3 Å². The molecule has 1 saturated heterocycles. The Kier molecular flexibility index (Phi) is 6.41. The van der Waals surface area contributed by atoms with E-state index in [4.69, 9.17) is 0 Å². The van der Waals surface area contributed by atoms with Crippen LogP contribution in [0.3, 0.4) is 0 Å². The van der Waals surface area contributed by atoms with Crippen LogP contribution >= 0.6 is 11.8 Å². The van der Waals surface area contributed by atoms with Gasteiger partial charge in [0.15, 0.2) is 5.16 Å². The average molecular weight is 458 g/mol. The lowest BCUT2D eigenvalue weighted by Gasteiger charge is -2.35. The Balaban J connectivity index is 1.17. The summed E-state index contributed by atoms with van der Waals surface area (Å²) in [6.07, 6.45) is 0. The summed E-state index contributed by atoms with van der Waals surface area (Å²) in [5.74, 6) is 1.34. The van der Waals surface area contributed by atoms with Crippen LogP contribution in [0.5, 0.6) is 0 Å². The third-order valence-electron chi connectivity index (χ3n) is 6.13. The van der Waals surface area contributed by atoms with Crippen LogP contribution in [0.15, 0.2) is 78.0 Å². The predicted molar refractivity (Wildman–Crippen MR) is 133 cm³/mol. The number of amides is 1. The highest BCUT2D eigenvalue weighted by Crippen LogP contribution is 2.23. The van der Waals surface area contributed by atoms with Gasteiger partial charge >= 0.3 is 0 Å². The number of piperazine rings is 1. The molecule has 3 aromatic carbocycles. The van der Waals surface area contributed by atoms with Gasteiger partial charge in [0, 0.05) is 38.4 Å². The highest BCUT2D eigenvalue weighted by molar-refractivity contribution is 7.99. The van der Waals surface area contributed by atoms with E-state index < -0.39 is 0 Å². The number of carbonyl (C=O) groups excluding carboxylic acids is 1. The van der Waals surface area contributed by atoms with Crippen molar-refractivity contribution in [2.45, 2.75) is 18.6 Å². The van der Waals surface area contributed by atoms with E-state index in [2.05, 4.69) is 57.6 Å². The van der Waals surface area contributed by atoms with E-state index in [0.29, 0.717) is 5.75 Å². The lowest BCUT2D eigenvalue weighted by molar-refractivity contribution is -0.130. The number of para-hydroxylation sites is 1. The number of fused-ring (bicyclic) bond motifs is 1. The fraction of sp³-hybridized carbons (Fsp3) is 0.269. The first-order valence-electron chi connectivity index (χ1n) is 11.3. The van der Waals surface area contributed by atoms with E-state index in [-0.39, 0.29) is 5.91 Å². The normalized spacial score (nSPS) is 14.6. The quantitative estimate of drug-likeness (QED) is 0.407. The SMILES string of the molecule is Cc1nnc(SCC(=O)N2CCN(Cc3cccc4ccccc34)CC2)n1-c1ccccc1. The number of aromatic nitrogens is 3. The number of aryl methyl sites for hydroxylation is 1. The van der Waals surface area contributed by atoms with Crippen LogP contribution in [0.2, 0.25) is 0 Å². The Morgan fingerprint density at radius 3 is 2.42 bits per heavy atom. The molecule has 0 unspecified atom stereocenters. The summed E-state index contributed by atoms with van der Waals surface area (Å²) in [6.45, 7) is 6.14. The monoisotopic (exact) mass is 457 g/mol. The molecule has 0 radical (unpaired) electrons. The summed E-state index contributed by atoms with van der Waals surface area (Å²) < 4.78 is 2.00. The summed E-state index contributed by atoms with van der Waals surface area (Å²) in [4.78, 5) is 17.3. The van der Waals surface area contributed by atoms with E-state index in [9.17, 15) is 4.79 Å². The Morgan fingerprint density at radius 2 is 1.61 bits per heavy atom. The maximum Gasteiger partial charge on any atom is 0.233 e. The van der Waals surface area contributed by atoms with Crippen molar-refractivity contribution in [1.29, 1.82) is 0 Å². The average Bonchev–Trinajstić information content (AvgIpc) is 3.24. The molecule has 1 aromatic heterocycles. The van der Waals surface area contributed by atoms with E-state index in [0.717, 1.165) is 49.4 Å². The van der Waals surface area contributed by atoms with Gasteiger partial charge in [0.1, 0.15) is 5.82 Å². The molecule has 0 spiro atoms. The Morgan fingerprint density at radius 1 is 0.879 bits per heavy atom. The van der Waals surface area contributed by atoms with Gasteiger partial charge in [0.25, 0.3) is 0 Å². The zero-order valence-corrected chi connectivity index (χ0v) is 19.5. The van der Waals surface area contributed by atoms with Gasteiger partial charge in [-0.25, -0.2) is 0 Å². The lowest BCUT2D eigenvalue weighted by atomic mass is 10.0. The Hall–Kier alpha value is -3.16. The topological polar surface area (TPSA) is 54.3 Å². The molecule has 5 rings (SSSR count). The fourth-order valence-corrected chi connectivity index (χ4v) is 5.26. The van der Waals surface area contributed by atoms with Gasteiger partial charge < -0.3 is 4.90 Å². The van der Waals surface area contributed by atoms with Gasteiger partial charge in [0.05, 0.1) is 5.75 Å². The minimum Gasteiger partial charge on any atom is -0.339 e. The van der Waals surface area contributed by atoms with Gasteiger partial charge in [-0.1, -0.05) is 72.4 Å². The van der Waals surface area contributed by atoms with Crippen LogP contribution in [0.25, 0.3) is 16.5 Å². The number of benzene rings is 3. The smallest absolute Gasteiger partial charge is 0.233 e. The van der Waals surface area contributed by atoms with Crippen molar-refractivity contribution in [2.75, 3.05) is 31.9 Å². The Bertz CT molecular complexity index is 1240.